The predicted octanol–water partition coefficient (Wildman–Crippen LogP) is 7.78. The average molecular weight is 572 g/mol. The molecule has 0 unspecified atom stereocenters. The topological polar surface area (TPSA) is 22.3 Å². The van der Waals surface area contributed by atoms with Crippen molar-refractivity contribution in [1.82, 2.24) is 0 Å². The molecule has 37 heavy (non-hydrogen) atoms. The van der Waals surface area contributed by atoms with Gasteiger partial charge in [0.05, 0.1) is 16.7 Å². The first-order chi connectivity index (χ1) is 16.5. The maximum absolute atomic E-state index is 14.4. The Hall–Kier alpha value is -3.37. The van der Waals surface area contributed by atoms with Crippen molar-refractivity contribution in [3.63, 3.8) is 0 Å². The van der Waals surface area contributed by atoms with Crippen LogP contribution in [0.2, 0.25) is 0 Å². The molecular formula is C18F18N-. The standard InChI is InChI=1S/C18F18N/c19-7-3(2(1-37)4-9(21)13(25)6(16(28,29)30)14(26)10(4)22)8(20)12(24)5(11(7)23)15(27,17(31,32)33)18(34,35)36/q-1. The molecule has 0 fully saturated rings. The zero-order valence-electron chi connectivity index (χ0n) is 16.3. The lowest BCUT2D eigenvalue weighted by Gasteiger charge is -2.31. The molecule has 0 amide bonds. The SMILES string of the molecule is [N-]=C=C(c1c(F)c(F)c(C(F)(F)F)c(F)c1F)c1c(F)c(F)c(C(F)(C(F)(F)F)C(F)(F)F)c(F)c1F. The van der Waals surface area contributed by atoms with Gasteiger partial charge in [0.25, 0.3) is 0 Å². The molecule has 0 saturated carbocycles. The van der Waals surface area contributed by atoms with Crippen LogP contribution in [0.1, 0.15) is 22.3 Å². The summed E-state index contributed by atoms with van der Waals surface area (Å²) in [7, 11) is 0. The third-order valence-electron chi connectivity index (χ3n) is 4.55. The number of rotatable bonds is 3. The van der Waals surface area contributed by atoms with Crippen molar-refractivity contribution in [3.8, 4) is 0 Å². The van der Waals surface area contributed by atoms with Gasteiger partial charge in [0.1, 0.15) is 5.56 Å². The lowest BCUT2D eigenvalue weighted by molar-refractivity contribution is -0.350. The number of nitrogens with zero attached hydrogens (tertiary/aromatic N) is 1. The highest BCUT2D eigenvalue weighted by Crippen LogP contribution is 2.55. The van der Waals surface area contributed by atoms with Gasteiger partial charge < -0.3 is 5.41 Å². The van der Waals surface area contributed by atoms with Gasteiger partial charge in [0.15, 0.2) is 46.5 Å². The molecular weight excluding hydrogens is 572 g/mol. The van der Waals surface area contributed by atoms with Crippen molar-refractivity contribution in [3.05, 3.63) is 74.2 Å². The monoisotopic (exact) mass is 572 g/mol. The van der Waals surface area contributed by atoms with Crippen LogP contribution >= 0.6 is 0 Å². The number of hydrogen-bond donors (Lipinski definition) is 0. The highest BCUT2D eigenvalue weighted by molar-refractivity contribution is 6.00. The minimum atomic E-state index is -7.37. The lowest BCUT2D eigenvalue weighted by Crippen LogP contribution is -2.52. The fourth-order valence-electron chi connectivity index (χ4n) is 2.93. The van der Waals surface area contributed by atoms with E-state index in [0.29, 0.717) is 0 Å². The van der Waals surface area contributed by atoms with Gasteiger partial charge in [-0.25, -0.2) is 39.5 Å². The van der Waals surface area contributed by atoms with Gasteiger partial charge in [0.2, 0.25) is 0 Å². The van der Waals surface area contributed by atoms with E-state index in [1.807, 2.05) is 0 Å². The van der Waals surface area contributed by atoms with Gasteiger partial charge >= 0.3 is 24.2 Å². The van der Waals surface area contributed by atoms with E-state index in [0.717, 1.165) is 0 Å². The van der Waals surface area contributed by atoms with E-state index < -0.39 is 98.6 Å². The lowest BCUT2D eigenvalue weighted by atomic mass is 9.88. The smallest absolute Gasteiger partial charge is 0.436 e. The zero-order valence-corrected chi connectivity index (χ0v) is 16.3. The fourth-order valence-corrected chi connectivity index (χ4v) is 2.93. The second-order valence-corrected chi connectivity index (χ2v) is 6.65. The Morgan fingerprint density at radius 1 is 0.459 bits per heavy atom. The molecule has 0 heterocycles. The summed E-state index contributed by atoms with van der Waals surface area (Å²) in [4.78, 5) is 0. The molecule has 0 saturated heterocycles. The van der Waals surface area contributed by atoms with Crippen LogP contribution in [-0.2, 0) is 11.8 Å². The highest BCUT2D eigenvalue weighted by Gasteiger charge is 2.76. The highest BCUT2D eigenvalue weighted by atomic mass is 19.4. The molecule has 0 bridgehead atoms. The Morgan fingerprint density at radius 2 is 0.730 bits per heavy atom. The fraction of sp³-hybridized carbons (Fsp3) is 0.222. The Labute approximate surface area is 190 Å². The first kappa shape index (κ1) is 29.9. The summed E-state index contributed by atoms with van der Waals surface area (Å²) in [5.41, 5.74) is -23.0. The van der Waals surface area contributed by atoms with Gasteiger partial charge in [-0.05, 0) is 0 Å². The van der Waals surface area contributed by atoms with E-state index in [1.54, 1.807) is 0 Å². The van der Waals surface area contributed by atoms with Crippen molar-refractivity contribution >= 4 is 11.4 Å². The predicted molar refractivity (Wildman–Crippen MR) is 83.3 cm³/mol. The van der Waals surface area contributed by atoms with Crippen LogP contribution in [0, 0.1) is 46.5 Å². The third-order valence-corrected chi connectivity index (χ3v) is 4.55. The molecule has 0 spiro atoms. The number of halogens is 18. The summed E-state index contributed by atoms with van der Waals surface area (Å²) in [6, 6.07) is 0. The Morgan fingerprint density at radius 3 is 0.946 bits per heavy atom. The van der Waals surface area contributed by atoms with Gasteiger partial charge in [-0.15, -0.1) is 0 Å². The summed E-state index contributed by atoms with van der Waals surface area (Å²) in [5.74, 6) is -28.0. The summed E-state index contributed by atoms with van der Waals surface area (Å²) >= 11 is 0. The molecule has 0 N–H and O–H groups in total. The largest absolute Gasteiger partial charge is 0.763 e. The number of benzene rings is 2. The van der Waals surface area contributed by atoms with E-state index in [-0.39, 0.29) is 5.87 Å². The Bertz CT molecular complexity index is 1250. The quantitative estimate of drug-likeness (QED) is 0.204. The first-order valence-electron chi connectivity index (χ1n) is 8.38. The van der Waals surface area contributed by atoms with E-state index >= 15 is 0 Å². The maximum Gasteiger partial charge on any atom is 0.436 e. The molecule has 2 rings (SSSR count). The van der Waals surface area contributed by atoms with Crippen molar-refractivity contribution in [2.75, 3.05) is 0 Å². The average Bonchev–Trinajstić information content (AvgIpc) is 2.73. The minimum absolute atomic E-state index is 0.254. The second-order valence-electron chi connectivity index (χ2n) is 6.65. The molecule has 0 aliphatic heterocycles. The van der Waals surface area contributed by atoms with Crippen LogP contribution in [0.3, 0.4) is 0 Å². The van der Waals surface area contributed by atoms with Gasteiger partial charge in [0, 0.05) is 5.57 Å². The number of alkyl halides is 10. The van der Waals surface area contributed by atoms with Crippen LogP contribution in [0.15, 0.2) is 0 Å². The van der Waals surface area contributed by atoms with Crippen molar-refractivity contribution in [2.45, 2.75) is 24.2 Å². The summed E-state index contributed by atoms with van der Waals surface area (Å²) in [6.45, 7) is 0. The Balaban J connectivity index is 3.09. The van der Waals surface area contributed by atoms with Crippen molar-refractivity contribution < 1.29 is 79.0 Å². The van der Waals surface area contributed by atoms with E-state index in [9.17, 15) is 79.0 Å². The van der Waals surface area contributed by atoms with Crippen LogP contribution in [-0.4, -0.2) is 18.2 Å². The van der Waals surface area contributed by atoms with Crippen LogP contribution in [0.4, 0.5) is 79.0 Å². The van der Waals surface area contributed by atoms with Crippen LogP contribution in [0.5, 0.6) is 0 Å². The summed E-state index contributed by atoms with van der Waals surface area (Å²) in [5, 5.41) is 8.91. The molecule has 2 aromatic rings. The third kappa shape index (κ3) is 4.27. The van der Waals surface area contributed by atoms with E-state index in [4.69, 9.17) is 5.41 Å². The summed E-state index contributed by atoms with van der Waals surface area (Å²) in [6.07, 6.45) is -20.9. The summed E-state index contributed by atoms with van der Waals surface area (Å²) < 4.78 is 242. The molecule has 0 radical (unpaired) electrons. The molecule has 1 nitrogen and oxygen atoms in total. The number of hydrogen-bond acceptors (Lipinski definition) is 0. The van der Waals surface area contributed by atoms with Crippen LogP contribution in [0.25, 0.3) is 11.0 Å². The van der Waals surface area contributed by atoms with Crippen molar-refractivity contribution in [1.29, 1.82) is 0 Å². The van der Waals surface area contributed by atoms with E-state index in [2.05, 4.69) is 0 Å². The molecule has 0 aliphatic carbocycles. The maximum atomic E-state index is 14.4. The van der Waals surface area contributed by atoms with E-state index in [1.165, 1.54) is 0 Å². The molecule has 0 atom stereocenters. The zero-order chi connectivity index (χ0) is 29.2. The second kappa shape index (κ2) is 8.88. The molecule has 0 aliphatic rings. The molecule has 2 aromatic carbocycles. The van der Waals surface area contributed by atoms with Gasteiger partial charge in [-0.2, -0.15) is 39.5 Å². The molecule has 19 heteroatoms. The van der Waals surface area contributed by atoms with Gasteiger partial charge in [-0.1, -0.05) is 0 Å². The molecule has 0 aromatic heterocycles. The normalized spacial score (nSPS) is 13.1. The minimum Gasteiger partial charge on any atom is -0.763 e. The van der Waals surface area contributed by atoms with Gasteiger partial charge in [-0.3, -0.25) is 5.87 Å². The molecule has 204 valence electrons. The first-order valence-corrected chi connectivity index (χ1v) is 8.38. The van der Waals surface area contributed by atoms with Crippen molar-refractivity contribution in [2.24, 2.45) is 0 Å². The Kier molecular flexibility index (Phi) is 7.17. The van der Waals surface area contributed by atoms with Crippen LogP contribution < -0.4 is 0 Å².